The van der Waals surface area contributed by atoms with Gasteiger partial charge >= 0.3 is 0 Å². The molecule has 1 aromatic rings. The summed E-state index contributed by atoms with van der Waals surface area (Å²) in [4.78, 5) is 17.9. The molecule has 0 spiro atoms. The number of piperidine rings is 1. The van der Waals surface area contributed by atoms with Gasteiger partial charge in [0.25, 0.3) is 0 Å². The third-order valence-corrected chi connectivity index (χ3v) is 3.92. The summed E-state index contributed by atoms with van der Waals surface area (Å²) in [6.07, 6.45) is 4.05. The second kappa shape index (κ2) is 6.21. The van der Waals surface area contributed by atoms with E-state index in [0.717, 1.165) is 31.1 Å². The molecule has 4 nitrogen and oxygen atoms in total. The van der Waals surface area contributed by atoms with Crippen LogP contribution in [0.5, 0.6) is 0 Å². The van der Waals surface area contributed by atoms with Crippen molar-refractivity contribution in [2.75, 3.05) is 25.0 Å². The molecule has 1 aliphatic heterocycles. The lowest BCUT2D eigenvalue weighted by Gasteiger charge is -2.26. The fraction of sp³-hybridized carbons (Fsp3) is 0.636. The van der Waals surface area contributed by atoms with E-state index >= 15 is 0 Å². The van der Waals surface area contributed by atoms with Crippen LogP contribution < -0.4 is 5.32 Å². The molecule has 1 amide bonds. The van der Waals surface area contributed by atoms with Crippen LogP contribution in [0.2, 0.25) is 5.15 Å². The minimum absolute atomic E-state index is 0.236. The summed E-state index contributed by atoms with van der Waals surface area (Å²) in [6, 6.07) is 0. The number of aromatic nitrogens is 1. The van der Waals surface area contributed by atoms with E-state index in [-0.39, 0.29) is 5.91 Å². The highest BCUT2D eigenvalue weighted by molar-refractivity contribution is 7.14. The third-order valence-electron chi connectivity index (χ3n) is 2.80. The Balaban J connectivity index is 1.69. The lowest BCUT2D eigenvalue weighted by atomic mass is 10.1. The van der Waals surface area contributed by atoms with Crippen LogP contribution in [-0.2, 0) is 4.79 Å². The zero-order chi connectivity index (χ0) is 12.1. The zero-order valence-corrected chi connectivity index (χ0v) is 11.2. The predicted molar refractivity (Wildman–Crippen MR) is 70.7 cm³/mol. The van der Waals surface area contributed by atoms with Crippen LogP contribution >= 0.6 is 22.9 Å². The van der Waals surface area contributed by atoms with E-state index in [9.17, 15) is 4.79 Å². The summed E-state index contributed by atoms with van der Waals surface area (Å²) >= 11 is 7.17. The van der Waals surface area contributed by atoms with Gasteiger partial charge in [-0.1, -0.05) is 11.6 Å². The number of halogens is 1. The summed E-state index contributed by atoms with van der Waals surface area (Å²) < 4.78 is 0. The van der Waals surface area contributed by atoms with E-state index in [0.29, 0.717) is 18.1 Å². The zero-order valence-electron chi connectivity index (χ0n) is 9.62. The third kappa shape index (κ3) is 3.85. The topological polar surface area (TPSA) is 45.2 Å². The molecule has 94 valence electrons. The van der Waals surface area contributed by atoms with Gasteiger partial charge in [0.05, 0.1) is 0 Å². The number of carbonyl (C=O) groups excluding carboxylic acids is 1. The van der Waals surface area contributed by atoms with Crippen LogP contribution in [0.4, 0.5) is 5.13 Å². The van der Waals surface area contributed by atoms with Gasteiger partial charge in [0.1, 0.15) is 5.15 Å². The predicted octanol–water partition coefficient (Wildman–Crippen LogP) is 2.61. The minimum atomic E-state index is 0.236. The van der Waals surface area contributed by atoms with Crippen molar-refractivity contribution in [1.29, 1.82) is 0 Å². The first-order valence-corrected chi connectivity index (χ1v) is 7.14. The molecule has 0 aliphatic carbocycles. The molecule has 1 fully saturated rings. The lowest BCUT2D eigenvalue weighted by Crippen LogP contribution is -2.36. The van der Waals surface area contributed by atoms with Gasteiger partial charge in [-0.2, -0.15) is 0 Å². The van der Waals surface area contributed by atoms with Crippen LogP contribution in [-0.4, -0.2) is 35.4 Å². The number of thiazole rings is 1. The largest absolute Gasteiger partial charge is 0.361 e. The van der Waals surface area contributed by atoms with E-state index < -0.39 is 0 Å². The lowest BCUT2D eigenvalue weighted by molar-refractivity contribution is -0.131. The van der Waals surface area contributed by atoms with E-state index in [4.69, 9.17) is 11.6 Å². The number of nitrogens with one attached hydrogen (secondary N) is 1. The second-order valence-corrected chi connectivity index (χ2v) is 5.34. The Labute approximate surface area is 110 Å². The molecule has 17 heavy (non-hydrogen) atoms. The van der Waals surface area contributed by atoms with Crippen LogP contribution in [0, 0.1) is 0 Å². The molecule has 0 bridgehead atoms. The number of amides is 1. The molecule has 0 unspecified atom stereocenters. The Kier molecular flexibility index (Phi) is 4.62. The number of likely N-dealkylation sites (tertiary alicyclic amines) is 1. The summed E-state index contributed by atoms with van der Waals surface area (Å²) in [6.45, 7) is 2.46. The van der Waals surface area contributed by atoms with Gasteiger partial charge in [0.15, 0.2) is 5.13 Å². The summed E-state index contributed by atoms with van der Waals surface area (Å²) in [5, 5.41) is 6.16. The number of hydrogen-bond donors (Lipinski definition) is 1. The smallest absolute Gasteiger partial charge is 0.224 e. The van der Waals surface area contributed by atoms with Gasteiger partial charge in [-0.3, -0.25) is 4.79 Å². The van der Waals surface area contributed by atoms with Crippen molar-refractivity contribution < 1.29 is 4.79 Å². The maximum atomic E-state index is 11.8. The van der Waals surface area contributed by atoms with Crippen molar-refractivity contribution >= 4 is 34.0 Å². The van der Waals surface area contributed by atoms with E-state index in [2.05, 4.69) is 10.3 Å². The van der Waals surface area contributed by atoms with Gasteiger partial charge < -0.3 is 10.2 Å². The van der Waals surface area contributed by atoms with Crippen molar-refractivity contribution in [1.82, 2.24) is 9.88 Å². The molecular weight excluding hydrogens is 258 g/mol. The van der Waals surface area contributed by atoms with Gasteiger partial charge in [-0.25, -0.2) is 4.98 Å². The Morgan fingerprint density at radius 1 is 1.47 bits per heavy atom. The highest BCUT2D eigenvalue weighted by atomic mass is 35.5. The number of anilines is 1. The summed E-state index contributed by atoms with van der Waals surface area (Å²) in [7, 11) is 0. The Hall–Kier alpha value is -0.810. The summed E-state index contributed by atoms with van der Waals surface area (Å²) in [5.41, 5.74) is 0. The molecular formula is C11H16ClN3OS. The first-order chi connectivity index (χ1) is 8.25. The van der Waals surface area contributed by atoms with Crippen molar-refractivity contribution in [2.45, 2.75) is 25.7 Å². The maximum absolute atomic E-state index is 11.8. The summed E-state index contributed by atoms with van der Waals surface area (Å²) in [5.74, 6) is 0.236. The van der Waals surface area contributed by atoms with E-state index in [1.807, 2.05) is 4.90 Å². The molecule has 0 atom stereocenters. The van der Waals surface area contributed by atoms with Gasteiger partial charge in [-0.15, -0.1) is 11.3 Å². The van der Waals surface area contributed by atoms with Crippen molar-refractivity contribution in [3.05, 3.63) is 10.5 Å². The van der Waals surface area contributed by atoms with Crippen LogP contribution in [0.25, 0.3) is 0 Å². The van der Waals surface area contributed by atoms with Crippen LogP contribution in [0.1, 0.15) is 25.7 Å². The molecule has 2 rings (SSSR count). The van der Waals surface area contributed by atoms with Crippen molar-refractivity contribution in [3.63, 3.8) is 0 Å². The number of rotatable bonds is 4. The second-order valence-electron chi connectivity index (χ2n) is 4.09. The molecule has 2 heterocycles. The number of carbonyl (C=O) groups is 1. The average molecular weight is 274 g/mol. The number of nitrogens with zero attached hydrogens (tertiary/aromatic N) is 2. The first kappa shape index (κ1) is 12.6. The Bertz CT molecular complexity index is 377. The van der Waals surface area contributed by atoms with Gasteiger partial charge in [0, 0.05) is 31.4 Å². The monoisotopic (exact) mass is 273 g/mol. The minimum Gasteiger partial charge on any atom is -0.361 e. The molecule has 0 radical (unpaired) electrons. The molecule has 1 N–H and O–H groups in total. The molecule has 6 heteroatoms. The normalized spacial score (nSPS) is 15.9. The number of hydrogen-bond acceptors (Lipinski definition) is 4. The SMILES string of the molecule is O=C(CCNc1nc(Cl)cs1)N1CCCCC1. The average Bonchev–Trinajstić information content (AvgIpc) is 2.76. The standard InChI is InChI=1S/C11H16ClN3OS/c12-9-8-17-11(14-9)13-5-4-10(16)15-6-2-1-3-7-15/h8H,1-7H2,(H,13,14). The highest BCUT2D eigenvalue weighted by Crippen LogP contribution is 2.18. The Morgan fingerprint density at radius 2 is 2.24 bits per heavy atom. The molecule has 0 aromatic carbocycles. The fourth-order valence-electron chi connectivity index (χ4n) is 1.91. The van der Waals surface area contributed by atoms with Crippen LogP contribution in [0.15, 0.2) is 5.38 Å². The van der Waals surface area contributed by atoms with Crippen molar-refractivity contribution in [3.8, 4) is 0 Å². The molecule has 1 saturated heterocycles. The first-order valence-electron chi connectivity index (χ1n) is 5.88. The quantitative estimate of drug-likeness (QED) is 0.917. The highest BCUT2D eigenvalue weighted by Gasteiger charge is 2.15. The molecule has 1 aromatic heterocycles. The molecule has 0 saturated carbocycles. The van der Waals surface area contributed by atoms with Crippen molar-refractivity contribution in [2.24, 2.45) is 0 Å². The Morgan fingerprint density at radius 3 is 2.88 bits per heavy atom. The molecule has 1 aliphatic rings. The maximum Gasteiger partial charge on any atom is 0.224 e. The fourth-order valence-corrected chi connectivity index (χ4v) is 2.78. The van der Waals surface area contributed by atoms with Gasteiger partial charge in [-0.05, 0) is 19.3 Å². The van der Waals surface area contributed by atoms with E-state index in [1.165, 1.54) is 17.8 Å². The van der Waals surface area contributed by atoms with Crippen LogP contribution in [0.3, 0.4) is 0 Å². The van der Waals surface area contributed by atoms with E-state index in [1.54, 1.807) is 5.38 Å². The van der Waals surface area contributed by atoms with Gasteiger partial charge in [0.2, 0.25) is 5.91 Å².